The van der Waals surface area contributed by atoms with Gasteiger partial charge in [-0.25, -0.2) is 0 Å². The lowest BCUT2D eigenvalue weighted by atomic mass is 9.92. The molecule has 0 radical (unpaired) electrons. The second kappa shape index (κ2) is 7.40. The van der Waals surface area contributed by atoms with Crippen LogP contribution in [0.5, 0.6) is 0 Å². The normalized spacial score (nSPS) is 23.5. The zero-order valence-electron chi connectivity index (χ0n) is 13.0. The SMILES string of the molecule is CCCNC(C#N)(CN(C)CC1CCOCC1)C1CC1. The number of nitrogens with zero attached hydrogens (tertiary/aromatic N) is 2. The lowest BCUT2D eigenvalue weighted by Crippen LogP contribution is -2.54. The third-order valence-corrected chi connectivity index (χ3v) is 4.59. The van der Waals surface area contributed by atoms with Crippen molar-refractivity contribution < 1.29 is 4.74 Å². The fourth-order valence-corrected chi connectivity index (χ4v) is 3.28. The highest BCUT2D eigenvalue weighted by atomic mass is 16.5. The van der Waals surface area contributed by atoms with E-state index in [1.807, 2.05) is 0 Å². The molecule has 114 valence electrons. The standard InChI is InChI=1S/C16H29N3O/c1-3-8-18-16(12-17,15-4-5-15)13-19(2)11-14-6-9-20-10-7-14/h14-15,18H,3-11,13H2,1-2H3. The number of hydrogen-bond acceptors (Lipinski definition) is 4. The molecule has 0 aromatic carbocycles. The van der Waals surface area contributed by atoms with Gasteiger partial charge in [-0.15, -0.1) is 0 Å². The summed E-state index contributed by atoms with van der Waals surface area (Å²) >= 11 is 0. The Morgan fingerprint density at radius 1 is 1.30 bits per heavy atom. The Morgan fingerprint density at radius 2 is 2.00 bits per heavy atom. The van der Waals surface area contributed by atoms with Crippen LogP contribution in [0, 0.1) is 23.2 Å². The van der Waals surface area contributed by atoms with Crippen LogP contribution in [0.1, 0.15) is 39.0 Å². The molecule has 2 aliphatic rings. The van der Waals surface area contributed by atoms with E-state index in [9.17, 15) is 5.26 Å². The number of ether oxygens (including phenoxy) is 1. The monoisotopic (exact) mass is 279 g/mol. The molecule has 4 heteroatoms. The molecule has 2 rings (SSSR count). The lowest BCUT2D eigenvalue weighted by Gasteiger charge is -2.35. The summed E-state index contributed by atoms with van der Waals surface area (Å²) in [5, 5.41) is 13.2. The second-order valence-electron chi connectivity index (χ2n) is 6.54. The molecule has 1 heterocycles. The zero-order valence-corrected chi connectivity index (χ0v) is 13.0. The Hall–Kier alpha value is -0.630. The highest BCUT2D eigenvalue weighted by molar-refractivity contribution is 5.16. The Labute approximate surface area is 123 Å². The summed E-state index contributed by atoms with van der Waals surface area (Å²) < 4.78 is 5.42. The number of likely N-dealkylation sites (N-methyl/N-ethyl adjacent to an activating group) is 1. The largest absolute Gasteiger partial charge is 0.381 e. The molecule has 1 saturated heterocycles. The van der Waals surface area contributed by atoms with Gasteiger partial charge < -0.3 is 9.64 Å². The first kappa shape index (κ1) is 15.8. The molecule has 0 spiro atoms. The van der Waals surface area contributed by atoms with Gasteiger partial charge in [0.25, 0.3) is 0 Å². The van der Waals surface area contributed by atoms with Crippen LogP contribution in [-0.2, 0) is 4.74 Å². The van der Waals surface area contributed by atoms with Gasteiger partial charge in [0, 0.05) is 26.3 Å². The van der Waals surface area contributed by atoms with E-state index in [2.05, 4.69) is 30.3 Å². The summed E-state index contributed by atoms with van der Waals surface area (Å²) in [6, 6.07) is 2.60. The quantitative estimate of drug-likeness (QED) is 0.738. The molecule has 20 heavy (non-hydrogen) atoms. The summed E-state index contributed by atoms with van der Waals surface area (Å²) in [6.07, 6.45) is 5.82. The van der Waals surface area contributed by atoms with Crippen LogP contribution in [0.4, 0.5) is 0 Å². The fraction of sp³-hybridized carbons (Fsp3) is 0.938. The molecule has 2 fully saturated rings. The second-order valence-corrected chi connectivity index (χ2v) is 6.54. The molecule has 1 N–H and O–H groups in total. The molecule has 0 bridgehead atoms. The number of hydrogen-bond donors (Lipinski definition) is 1. The van der Waals surface area contributed by atoms with Crippen molar-refractivity contribution in [3.63, 3.8) is 0 Å². The first-order valence-corrected chi connectivity index (χ1v) is 8.12. The molecule has 4 nitrogen and oxygen atoms in total. The summed E-state index contributed by atoms with van der Waals surface area (Å²) in [4.78, 5) is 2.36. The van der Waals surface area contributed by atoms with Crippen LogP contribution in [0.2, 0.25) is 0 Å². The Morgan fingerprint density at radius 3 is 2.55 bits per heavy atom. The Balaban J connectivity index is 1.87. The van der Waals surface area contributed by atoms with E-state index >= 15 is 0 Å². The van der Waals surface area contributed by atoms with Crippen LogP contribution < -0.4 is 5.32 Å². The van der Waals surface area contributed by atoms with Crippen molar-refractivity contribution in [2.75, 3.05) is 39.9 Å². The van der Waals surface area contributed by atoms with Crippen molar-refractivity contribution in [3.05, 3.63) is 0 Å². The molecule has 0 aromatic heterocycles. The molecular formula is C16H29N3O. The van der Waals surface area contributed by atoms with E-state index in [0.29, 0.717) is 5.92 Å². The van der Waals surface area contributed by atoms with E-state index in [-0.39, 0.29) is 5.54 Å². The topological polar surface area (TPSA) is 48.3 Å². The average Bonchev–Trinajstić information content (AvgIpc) is 3.29. The first-order chi connectivity index (χ1) is 9.70. The van der Waals surface area contributed by atoms with E-state index in [1.54, 1.807) is 0 Å². The molecule has 0 amide bonds. The van der Waals surface area contributed by atoms with Gasteiger partial charge in [-0.05, 0) is 57.5 Å². The summed E-state index contributed by atoms with van der Waals surface area (Å²) in [6.45, 7) is 6.85. The maximum Gasteiger partial charge on any atom is 0.122 e. The van der Waals surface area contributed by atoms with Crippen molar-refractivity contribution in [1.82, 2.24) is 10.2 Å². The number of rotatable bonds is 8. The van der Waals surface area contributed by atoms with Gasteiger partial charge in [-0.2, -0.15) is 5.26 Å². The highest BCUT2D eigenvalue weighted by Gasteiger charge is 2.46. The van der Waals surface area contributed by atoms with Gasteiger partial charge >= 0.3 is 0 Å². The molecule has 1 aliphatic heterocycles. The Kier molecular flexibility index (Phi) is 5.83. The molecule has 1 aliphatic carbocycles. The molecular weight excluding hydrogens is 250 g/mol. The number of nitriles is 1. The van der Waals surface area contributed by atoms with Crippen molar-refractivity contribution in [2.45, 2.75) is 44.6 Å². The van der Waals surface area contributed by atoms with Gasteiger partial charge in [0.15, 0.2) is 0 Å². The zero-order chi connectivity index (χ0) is 14.4. The maximum atomic E-state index is 9.71. The summed E-state index contributed by atoms with van der Waals surface area (Å²) in [5.74, 6) is 1.28. The van der Waals surface area contributed by atoms with Crippen molar-refractivity contribution in [2.24, 2.45) is 11.8 Å². The predicted octanol–water partition coefficient (Wildman–Crippen LogP) is 2.02. The smallest absolute Gasteiger partial charge is 0.122 e. The van der Waals surface area contributed by atoms with Crippen molar-refractivity contribution in [1.29, 1.82) is 5.26 Å². The van der Waals surface area contributed by atoms with Crippen LogP contribution >= 0.6 is 0 Å². The maximum absolute atomic E-state index is 9.71. The van der Waals surface area contributed by atoms with Gasteiger partial charge in [-0.1, -0.05) is 6.92 Å². The number of nitrogens with one attached hydrogen (secondary N) is 1. The van der Waals surface area contributed by atoms with Crippen LogP contribution in [0.15, 0.2) is 0 Å². The lowest BCUT2D eigenvalue weighted by molar-refractivity contribution is 0.0529. The average molecular weight is 279 g/mol. The highest BCUT2D eigenvalue weighted by Crippen LogP contribution is 2.40. The fourth-order valence-electron chi connectivity index (χ4n) is 3.28. The molecule has 0 aromatic rings. The van der Waals surface area contributed by atoms with Gasteiger partial charge in [0.1, 0.15) is 5.54 Å². The Bertz CT molecular complexity index is 331. The molecule has 1 unspecified atom stereocenters. The molecule has 1 saturated carbocycles. The molecule has 1 atom stereocenters. The van der Waals surface area contributed by atoms with Gasteiger partial charge in [0.2, 0.25) is 0 Å². The van der Waals surface area contributed by atoms with E-state index < -0.39 is 0 Å². The minimum absolute atomic E-state index is 0.323. The third-order valence-electron chi connectivity index (χ3n) is 4.59. The minimum atomic E-state index is -0.323. The van der Waals surface area contributed by atoms with Crippen LogP contribution in [-0.4, -0.2) is 50.3 Å². The van der Waals surface area contributed by atoms with Gasteiger partial charge in [-0.3, -0.25) is 5.32 Å². The summed E-state index contributed by atoms with van der Waals surface area (Å²) in [5.41, 5.74) is -0.323. The first-order valence-electron chi connectivity index (χ1n) is 8.12. The van der Waals surface area contributed by atoms with Crippen LogP contribution in [0.3, 0.4) is 0 Å². The predicted molar refractivity (Wildman–Crippen MR) is 80.4 cm³/mol. The van der Waals surface area contributed by atoms with E-state index in [4.69, 9.17) is 4.74 Å². The van der Waals surface area contributed by atoms with Crippen LogP contribution in [0.25, 0.3) is 0 Å². The van der Waals surface area contributed by atoms with E-state index in [0.717, 1.165) is 58.0 Å². The minimum Gasteiger partial charge on any atom is -0.381 e. The summed E-state index contributed by atoms with van der Waals surface area (Å²) in [7, 11) is 2.16. The van der Waals surface area contributed by atoms with Crippen molar-refractivity contribution >= 4 is 0 Å². The third kappa shape index (κ3) is 4.18. The van der Waals surface area contributed by atoms with Gasteiger partial charge in [0.05, 0.1) is 6.07 Å². The van der Waals surface area contributed by atoms with Crippen molar-refractivity contribution in [3.8, 4) is 6.07 Å². The van der Waals surface area contributed by atoms with E-state index in [1.165, 1.54) is 12.8 Å².